The zero-order valence-corrected chi connectivity index (χ0v) is 12.5. The van der Waals surface area contributed by atoms with Gasteiger partial charge in [-0.1, -0.05) is 0 Å². The Morgan fingerprint density at radius 1 is 1.39 bits per heavy atom. The molecule has 1 aromatic carbocycles. The molecule has 6 nitrogen and oxygen atoms in total. The van der Waals surface area contributed by atoms with Crippen LogP contribution in [0.25, 0.3) is 0 Å². The first-order valence-electron chi connectivity index (χ1n) is 5.04. The van der Waals surface area contributed by atoms with Crippen LogP contribution in [0.5, 0.6) is 5.75 Å². The third-order valence-corrected chi connectivity index (χ3v) is 4.34. The molecule has 0 bridgehead atoms. The molecular formula is C10H15BrN2O4S. The molecule has 0 aliphatic rings. The van der Waals surface area contributed by atoms with Crippen LogP contribution in [0.3, 0.4) is 0 Å². The fraction of sp³-hybridized carbons (Fsp3) is 0.400. The lowest BCUT2D eigenvalue weighted by atomic mass is 10.3. The van der Waals surface area contributed by atoms with E-state index in [0.717, 1.165) is 0 Å². The molecule has 102 valence electrons. The van der Waals surface area contributed by atoms with Crippen LogP contribution in [-0.4, -0.2) is 35.8 Å². The summed E-state index contributed by atoms with van der Waals surface area (Å²) in [7, 11) is -0.783. The summed E-state index contributed by atoms with van der Waals surface area (Å²) in [6.45, 7) is 0.464. The molecule has 3 N–H and O–H groups in total. The maximum absolute atomic E-state index is 12.0. The van der Waals surface area contributed by atoms with E-state index in [4.69, 9.17) is 15.2 Å². The lowest BCUT2D eigenvalue weighted by Gasteiger charge is -2.12. The van der Waals surface area contributed by atoms with E-state index < -0.39 is 10.0 Å². The molecule has 0 unspecified atom stereocenters. The quantitative estimate of drug-likeness (QED) is 0.595. The van der Waals surface area contributed by atoms with Crippen molar-refractivity contribution in [1.82, 2.24) is 4.72 Å². The highest BCUT2D eigenvalue weighted by atomic mass is 79.9. The van der Waals surface area contributed by atoms with Gasteiger partial charge in [-0.3, -0.25) is 0 Å². The van der Waals surface area contributed by atoms with Crippen molar-refractivity contribution in [2.24, 2.45) is 0 Å². The minimum atomic E-state index is -3.67. The van der Waals surface area contributed by atoms with Gasteiger partial charge in [0.05, 0.1) is 13.7 Å². The molecule has 0 spiro atoms. The minimum Gasteiger partial charge on any atom is -0.495 e. The number of benzene rings is 1. The van der Waals surface area contributed by atoms with Crippen molar-refractivity contribution in [1.29, 1.82) is 0 Å². The van der Waals surface area contributed by atoms with Crippen molar-refractivity contribution in [3.8, 4) is 5.75 Å². The Morgan fingerprint density at radius 3 is 2.61 bits per heavy atom. The zero-order valence-electron chi connectivity index (χ0n) is 10.1. The van der Waals surface area contributed by atoms with Gasteiger partial charge >= 0.3 is 0 Å². The van der Waals surface area contributed by atoms with Gasteiger partial charge in [-0.25, -0.2) is 13.1 Å². The molecule has 0 saturated carbocycles. The van der Waals surface area contributed by atoms with Crippen molar-refractivity contribution in [2.75, 3.05) is 33.1 Å². The summed E-state index contributed by atoms with van der Waals surface area (Å²) in [4.78, 5) is 0.00167. The Labute approximate surface area is 115 Å². The Morgan fingerprint density at radius 2 is 2.06 bits per heavy atom. The number of hydrogen-bond donors (Lipinski definition) is 2. The van der Waals surface area contributed by atoms with E-state index >= 15 is 0 Å². The average molecular weight is 339 g/mol. The second-order valence-electron chi connectivity index (χ2n) is 3.42. The number of hydrogen-bond acceptors (Lipinski definition) is 5. The molecule has 0 fully saturated rings. The van der Waals surface area contributed by atoms with Crippen molar-refractivity contribution in [2.45, 2.75) is 4.90 Å². The van der Waals surface area contributed by atoms with Crippen molar-refractivity contribution in [3.05, 3.63) is 16.6 Å². The molecule has 1 rings (SSSR count). The standard InChI is InChI=1S/C10H15BrN2O4S/c1-16-4-3-13-18(14,15)10-6-8(12)7(11)5-9(10)17-2/h5-6,13H,3-4,12H2,1-2H3. The van der Waals surface area contributed by atoms with Gasteiger partial charge in [0, 0.05) is 23.8 Å². The third-order valence-electron chi connectivity index (χ3n) is 2.17. The predicted molar refractivity (Wildman–Crippen MR) is 72.2 cm³/mol. The number of anilines is 1. The summed E-state index contributed by atoms with van der Waals surface area (Å²) >= 11 is 3.21. The van der Waals surface area contributed by atoms with Crippen LogP contribution in [0.15, 0.2) is 21.5 Å². The first kappa shape index (κ1) is 15.2. The molecule has 0 atom stereocenters. The number of ether oxygens (including phenoxy) is 2. The van der Waals surface area contributed by atoms with Gasteiger partial charge in [0.25, 0.3) is 0 Å². The first-order chi connectivity index (χ1) is 8.42. The van der Waals surface area contributed by atoms with Gasteiger partial charge < -0.3 is 15.2 Å². The molecule has 8 heteroatoms. The third kappa shape index (κ3) is 3.58. The van der Waals surface area contributed by atoms with Crippen molar-refractivity contribution >= 4 is 31.6 Å². The Balaban J connectivity index is 3.11. The van der Waals surface area contributed by atoms with Gasteiger partial charge in [0.1, 0.15) is 10.6 Å². The number of nitrogens with one attached hydrogen (secondary N) is 1. The molecule has 1 aromatic rings. The molecule has 0 aromatic heterocycles. The summed E-state index contributed by atoms with van der Waals surface area (Å²) < 4.78 is 36.9. The van der Waals surface area contributed by atoms with Crippen LogP contribution in [0, 0.1) is 0 Å². The lowest BCUT2D eigenvalue weighted by molar-refractivity contribution is 0.204. The summed E-state index contributed by atoms with van der Waals surface area (Å²) in [5, 5.41) is 0. The number of rotatable bonds is 6. The number of halogens is 1. The van der Waals surface area contributed by atoms with Crippen LogP contribution in [0.1, 0.15) is 0 Å². The van der Waals surface area contributed by atoms with Crippen molar-refractivity contribution in [3.63, 3.8) is 0 Å². The van der Waals surface area contributed by atoms with Crippen LogP contribution in [-0.2, 0) is 14.8 Å². The fourth-order valence-corrected chi connectivity index (χ4v) is 2.80. The summed E-state index contributed by atoms with van der Waals surface area (Å²) in [5.41, 5.74) is 6.00. The van der Waals surface area contributed by atoms with Gasteiger partial charge in [-0.15, -0.1) is 0 Å². The molecule has 0 amide bonds. The van der Waals surface area contributed by atoms with Gasteiger partial charge in [0.2, 0.25) is 10.0 Å². The normalized spacial score (nSPS) is 11.5. The van der Waals surface area contributed by atoms with E-state index in [0.29, 0.717) is 10.2 Å². The van der Waals surface area contributed by atoms with Crippen LogP contribution >= 0.6 is 15.9 Å². The summed E-state index contributed by atoms with van der Waals surface area (Å²) in [5.74, 6) is 0.223. The average Bonchev–Trinajstić information content (AvgIpc) is 2.32. The Kier molecular flexibility index (Phi) is 5.39. The molecule has 18 heavy (non-hydrogen) atoms. The van der Waals surface area contributed by atoms with Gasteiger partial charge in [0.15, 0.2) is 0 Å². The van der Waals surface area contributed by atoms with Crippen LogP contribution in [0.2, 0.25) is 0 Å². The second-order valence-corrected chi connectivity index (χ2v) is 6.00. The SMILES string of the molecule is COCCNS(=O)(=O)c1cc(N)c(Br)cc1OC. The lowest BCUT2D eigenvalue weighted by Crippen LogP contribution is -2.27. The molecule has 0 saturated heterocycles. The molecular weight excluding hydrogens is 324 g/mol. The maximum atomic E-state index is 12.0. The van der Waals surface area contributed by atoms with Gasteiger partial charge in [-0.05, 0) is 28.1 Å². The highest BCUT2D eigenvalue weighted by Gasteiger charge is 2.20. The smallest absolute Gasteiger partial charge is 0.244 e. The Hall–Kier alpha value is -0.830. The van der Waals surface area contributed by atoms with E-state index in [1.165, 1.54) is 26.4 Å². The maximum Gasteiger partial charge on any atom is 0.244 e. The monoisotopic (exact) mass is 338 g/mol. The van der Waals surface area contributed by atoms with Crippen molar-refractivity contribution < 1.29 is 17.9 Å². The largest absolute Gasteiger partial charge is 0.495 e. The zero-order chi connectivity index (χ0) is 13.8. The number of methoxy groups -OCH3 is 2. The predicted octanol–water partition coefficient (Wildman–Crippen LogP) is 0.965. The molecule has 0 radical (unpaired) electrons. The number of nitrogens with two attached hydrogens (primary N) is 1. The van der Waals surface area contributed by atoms with Crippen LogP contribution < -0.4 is 15.2 Å². The first-order valence-corrected chi connectivity index (χ1v) is 7.31. The van der Waals surface area contributed by atoms with E-state index in [9.17, 15) is 8.42 Å². The highest BCUT2D eigenvalue weighted by molar-refractivity contribution is 9.10. The highest BCUT2D eigenvalue weighted by Crippen LogP contribution is 2.32. The van der Waals surface area contributed by atoms with E-state index in [1.54, 1.807) is 0 Å². The van der Waals surface area contributed by atoms with E-state index in [1.807, 2.05) is 0 Å². The Bertz CT molecular complexity index is 519. The fourth-order valence-electron chi connectivity index (χ4n) is 1.28. The van der Waals surface area contributed by atoms with Crippen LogP contribution in [0.4, 0.5) is 5.69 Å². The summed E-state index contributed by atoms with van der Waals surface area (Å²) in [6.07, 6.45) is 0. The minimum absolute atomic E-state index is 0.00167. The topological polar surface area (TPSA) is 90.7 Å². The van der Waals surface area contributed by atoms with E-state index in [2.05, 4.69) is 20.7 Å². The molecule has 0 aliphatic heterocycles. The second kappa shape index (κ2) is 6.37. The number of nitrogen functional groups attached to an aromatic ring is 1. The molecule has 0 aliphatic carbocycles. The molecule has 0 heterocycles. The number of sulfonamides is 1. The van der Waals surface area contributed by atoms with Gasteiger partial charge in [-0.2, -0.15) is 0 Å². The van der Waals surface area contributed by atoms with E-state index in [-0.39, 0.29) is 23.8 Å². The summed E-state index contributed by atoms with van der Waals surface area (Å²) in [6, 6.07) is 2.86.